The molecule has 7 heteroatoms. The van der Waals surface area contributed by atoms with E-state index in [1.807, 2.05) is 35.9 Å². The molecule has 2 aromatic heterocycles. The number of tetrazole rings is 1. The van der Waals surface area contributed by atoms with Crippen LogP contribution in [0.4, 0.5) is 0 Å². The van der Waals surface area contributed by atoms with Gasteiger partial charge in [0.05, 0.1) is 5.52 Å². The molecule has 4 rings (SSSR count). The number of rotatable bonds is 2. The Labute approximate surface area is 139 Å². The number of nitrogens with zero attached hydrogens (tertiary/aromatic N) is 5. The Kier molecular flexibility index (Phi) is 3.68. The Morgan fingerprint density at radius 1 is 1.29 bits per heavy atom. The number of carbonyl (C=O) groups is 1. The monoisotopic (exact) mass is 322 g/mol. The van der Waals surface area contributed by atoms with Gasteiger partial charge in [0.25, 0.3) is 5.91 Å². The normalized spacial score (nSPS) is 17.3. The van der Waals surface area contributed by atoms with Gasteiger partial charge >= 0.3 is 0 Å². The van der Waals surface area contributed by atoms with Gasteiger partial charge in [-0.2, -0.15) is 0 Å². The zero-order valence-electron chi connectivity index (χ0n) is 13.4. The fraction of sp³-hybridized carbons (Fsp3) is 0.353. The van der Waals surface area contributed by atoms with E-state index in [2.05, 4.69) is 25.8 Å². The average Bonchev–Trinajstić information content (AvgIpc) is 2.96. The molecule has 0 spiro atoms. The summed E-state index contributed by atoms with van der Waals surface area (Å²) in [5.74, 6) is 0.843. The number of aromatic nitrogens is 5. The maximum atomic E-state index is 12.6. The van der Waals surface area contributed by atoms with Gasteiger partial charge in [0.2, 0.25) is 0 Å². The SMILES string of the molecule is Cc1ccnc2ccc(C(=O)NC3CCc4nnnn4CC3)cc12. The van der Waals surface area contributed by atoms with Crippen molar-refractivity contribution in [3.63, 3.8) is 0 Å². The number of pyridine rings is 1. The van der Waals surface area contributed by atoms with E-state index in [0.717, 1.165) is 48.1 Å². The van der Waals surface area contributed by atoms with E-state index in [0.29, 0.717) is 5.56 Å². The van der Waals surface area contributed by atoms with Crippen LogP contribution >= 0.6 is 0 Å². The fourth-order valence-corrected chi connectivity index (χ4v) is 3.14. The third kappa shape index (κ3) is 2.73. The van der Waals surface area contributed by atoms with Crippen molar-refractivity contribution in [2.45, 2.75) is 38.8 Å². The standard InChI is InChI=1S/C17H18N6O/c1-11-6-8-18-15-4-2-12(10-14(11)15)17(24)19-13-3-5-16-20-21-22-23(16)9-7-13/h2,4,6,8,10,13H,3,5,7,9H2,1H3,(H,19,24). The molecule has 0 fully saturated rings. The van der Waals surface area contributed by atoms with E-state index in [1.54, 1.807) is 6.20 Å². The molecule has 1 atom stereocenters. The molecule has 0 saturated carbocycles. The summed E-state index contributed by atoms with van der Waals surface area (Å²) in [5, 5.41) is 15.8. The summed E-state index contributed by atoms with van der Waals surface area (Å²) >= 11 is 0. The first-order chi connectivity index (χ1) is 11.7. The van der Waals surface area contributed by atoms with Crippen molar-refractivity contribution in [3.05, 3.63) is 47.4 Å². The molecule has 24 heavy (non-hydrogen) atoms. The van der Waals surface area contributed by atoms with Crippen LogP contribution in [0.15, 0.2) is 30.5 Å². The van der Waals surface area contributed by atoms with E-state index in [1.165, 1.54) is 0 Å². The van der Waals surface area contributed by atoms with Crippen molar-refractivity contribution in [1.29, 1.82) is 0 Å². The molecule has 3 heterocycles. The topological polar surface area (TPSA) is 85.6 Å². The van der Waals surface area contributed by atoms with Crippen LogP contribution in [0.1, 0.15) is 34.6 Å². The largest absolute Gasteiger partial charge is 0.349 e. The van der Waals surface area contributed by atoms with Gasteiger partial charge in [0.1, 0.15) is 0 Å². The number of fused-ring (bicyclic) bond motifs is 2. The third-order valence-corrected chi connectivity index (χ3v) is 4.57. The van der Waals surface area contributed by atoms with Crippen molar-refractivity contribution in [2.24, 2.45) is 0 Å². The second-order valence-corrected chi connectivity index (χ2v) is 6.18. The smallest absolute Gasteiger partial charge is 0.251 e. The van der Waals surface area contributed by atoms with E-state index in [-0.39, 0.29) is 11.9 Å². The molecule has 1 unspecified atom stereocenters. The van der Waals surface area contributed by atoms with Crippen LogP contribution in [0.25, 0.3) is 10.9 Å². The van der Waals surface area contributed by atoms with Crippen LogP contribution in [-0.4, -0.2) is 37.1 Å². The van der Waals surface area contributed by atoms with E-state index < -0.39 is 0 Å². The summed E-state index contributed by atoms with van der Waals surface area (Å²) in [4.78, 5) is 16.9. The molecule has 0 aliphatic carbocycles. The molecule has 122 valence electrons. The van der Waals surface area contributed by atoms with Crippen LogP contribution in [0.5, 0.6) is 0 Å². The Bertz CT molecular complexity index is 880. The molecule has 1 aliphatic rings. The maximum Gasteiger partial charge on any atom is 0.251 e. The number of carbonyl (C=O) groups excluding carboxylic acids is 1. The Morgan fingerprint density at radius 2 is 2.21 bits per heavy atom. The second-order valence-electron chi connectivity index (χ2n) is 6.18. The minimum atomic E-state index is -0.0456. The van der Waals surface area contributed by atoms with E-state index in [9.17, 15) is 4.79 Å². The first-order valence-corrected chi connectivity index (χ1v) is 8.12. The number of nitrogens with one attached hydrogen (secondary N) is 1. The number of benzene rings is 1. The van der Waals surface area contributed by atoms with Crippen molar-refractivity contribution >= 4 is 16.8 Å². The van der Waals surface area contributed by atoms with Crippen molar-refractivity contribution < 1.29 is 4.79 Å². The van der Waals surface area contributed by atoms with Crippen LogP contribution in [0, 0.1) is 6.92 Å². The predicted molar refractivity (Wildman–Crippen MR) is 88.5 cm³/mol. The molecule has 1 amide bonds. The first-order valence-electron chi connectivity index (χ1n) is 8.12. The van der Waals surface area contributed by atoms with E-state index in [4.69, 9.17) is 0 Å². The molecule has 0 saturated heterocycles. The minimum Gasteiger partial charge on any atom is -0.349 e. The molecule has 1 aliphatic heterocycles. The summed E-state index contributed by atoms with van der Waals surface area (Å²) in [6.07, 6.45) is 4.24. The molecule has 7 nitrogen and oxygen atoms in total. The molecular formula is C17H18N6O. The lowest BCUT2D eigenvalue weighted by molar-refractivity contribution is 0.0933. The predicted octanol–water partition coefficient (Wildman–Crippen LogP) is 1.66. The van der Waals surface area contributed by atoms with Crippen LogP contribution in [0.3, 0.4) is 0 Å². The van der Waals surface area contributed by atoms with Crippen molar-refractivity contribution in [2.75, 3.05) is 0 Å². The van der Waals surface area contributed by atoms with Crippen LogP contribution in [0.2, 0.25) is 0 Å². The molecule has 1 N–H and O–H groups in total. The lowest BCUT2D eigenvalue weighted by Crippen LogP contribution is -2.35. The Balaban J connectivity index is 1.50. The molecule has 0 bridgehead atoms. The fourth-order valence-electron chi connectivity index (χ4n) is 3.14. The highest BCUT2D eigenvalue weighted by molar-refractivity contribution is 5.98. The molecule has 3 aromatic rings. The average molecular weight is 322 g/mol. The van der Waals surface area contributed by atoms with Crippen molar-refractivity contribution in [3.8, 4) is 0 Å². The summed E-state index contributed by atoms with van der Waals surface area (Å²) in [6, 6.07) is 7.72. The van der Waals surface area contributed by atoms with Gasteiger partial charge in [-0.1, -0.05) is 0 Å². The van der Waals surface area contributed by atoms with Gasteiger partial charge in [0, 0.05) is 36.2 Å². The lowest BCUT2D eigenvalue weighted by Gasteiger charge is -2.16. The zero-order valence-corrected chi connectivity index (χ0v) is 13.4. The zero-order chi connectivity index (χ0) is 16.5. The Hall–Kier alpha value is -2.83. The second kappa shape index (κ2) is 5.99. The van der Waals surface area contributed by atoms with Crippen LogP contribution < -0.4 is 5.32 Å². The number of hydrogen-bond donors (Lipinski definition) is 1. The van der Waals surface area contributed by atoms with Gasteiger partial charge in [0.15, 0.2) is 5.82 Å². The summed E-state index contributed by atoms with van der Waals surface area (Å²) in [5.41, 5.74) is 2.69. The molecular weight excluding hydrogens is 304 g/mol. The molecule has 1 aromatic carbocycles. The third-order valence-electron chi connectivity index (χ3n) is 4.57. The van der Waals surface area contributed by atoms with Gasteiger partial charge in [-0.15, -0.1) is 5.10 Å². The first kappa shape index (κ1) is 14.7. The lowest BCUT2D eigenvalue weighted by atomic mass is 10.0. The Morgan fingerprint density at radius 3 is 3.12 bits per heavy atom. The summed E-state index contributed by atoms with van der Waals surface area (Å²) in [6.45, 7) is 2.76. The van der Waals surface area contributed by atoms with Gasteiger partial charge in [-0.3, -0.25) is 9.78 Å². The highest BCUT2D eigenvalue weighted by atomic mass is 16.1. The number of amides is 1. The minimum absolute atomic E-state index is 0.0456. The van der Waals surface area contributed by atoms with E-state index >= 15 is 0 Å². The number of hydrogen-bond acceptors (Lipinski definition) is 5. The number of aryl methyl sites for hydroxylation is 3. The highest BCUT2D eigenvalue weighted by Crippen LogP contribution is 2.18. The van der Waals surface area contributed by atoms with Crippen LogP contribution in [-0.2, 0) is 13.0 Å². The van der Waals surface area contributed by atoms with Gasteiger partial charge in [-0.25, -0.2) is 4.68 Å². The van der Waals surface area contributed by atoms with Gasteiger partial charge in [-0.05, 0) is 60.0 Å². The maximum absolute atomic E-state index is 12.6. The summed E-state index contributed by atoms with van der Waals surface area (Å²) in [7, 11) is 0. The molecule has 0 radical (unpaired) electrons. The quantitative estimate of drug-likeness (QED) is 0.775. The van der Waals surface area contributed by atoms with Gasteiger partial charge < -0.3 is 5.32 Å². The summed E-state index contributed by atoms with van der Waals surface area (Å²) < 4.78 is 1.82. The highest BCUT2D eigenvalue weighted by Gasteiger charge is 2.20. The van der Waals surface area contributed by atoms with Crippen molar-refractivity contribution in [1.82, 2.24) is 30.5 Å².